The monoisotopic (exact) mass is 357 g/mol. The van der Waals surface area contributed by atoms with Gasteiger partial charge in [-0.25, -0.2) is 4.79 Å². The van der Waals surface area contributed by atoms with Crippen molar-refractivity contribution in [2.45, 2.75) is 18.9 Å². The van der Waals surface area contributed by atoms with Crippen LogP contribution in [0.3, 0.4) is 0 Å². The molecule has 0 aromatic heterocycles. The molecule has 1 unspecified atom stereocenters. The van der Waals surface area contributed by atoms with Crippen molar-refractivity contribution in [3.8, 4) is 0 Å². The lowest BCUT2D eigenvalue weighted by molar-refractivity contribution is -0.148. The maximum atomic E-state index is 12.0. The van der Waals surface area contributed by atoms with E-state index < -0.39 is 12.0 Å². The normalized spacial score (nSPS) is 20.2. The van der Waals surface area contributed by atoms with Gasteiger partial charge in [0.1, 0.15) is 6.04 Å². The van der Waals surface area contributed by atoms with Gasteiger partial charge in [-0.05, 0) is 29.4 Å². The number of carboxylic acid groups (broad SMARTS) is 1. The fourth-order valence-corrected chi connectivity index (χ4v) is 3.14. The third-order valence-corrected chi connectivity index (χ3v) is 4.49. The number of halogens is 1. The molecule has 1 aliphatic rings. The van der Waals surface area contributed by atoms with Gasteiger partial charge >= 0.3 is 5.97 Å². The quantitative estimate of drug-likeness (QED) is 0.794. The second kappa shape index (κ2) is 6.63. The molecule has 0 radical (unpaired) electrons. The van der Waals surface area contributed by atoms with Gasteiger partial charge in [0.2, 0.25) is 5.91 Å². The number of hydrogen-bond acceptors (Lipinski definition) is 3. The van der Waals surface area contributed by atoms with Gasteiger partial charge in [0.05, 0.1) is 0 Å². The zero-order chi connectivity index (χ0) is 14.7. The highest BCUT2D eigenvalue weighted by molar-refractivity contribution is 9.10. The van der Waals surface area contributed by atoms with Crippen molar-refractivity contribution in [3.05, 3.63) is 34.3 Å². The minimum Gasteiger partial charge on any atom is -0.480 e. The number of carbonyl (C=O) groups excluding carboxylic acids is 1. The number of likely N-dealkylation sites (tertiary alicyclic amines) is 1. The van der Waals surface area contributed by atoms with E-state index in [0.717, 1.165) is 10.0 Å². The molecule has 1 saturated heterocycles. The lowest BCUT2D eigenvalue weighted by atomic mass is 10.0. The first-order valence-electron chi connectivity index (χ1n) is 6.39. The molecule has 0 saturated carbocycles. The van der Waals surface area contributed by atoms with Crippen molar-refractivity contribution in [1.29, 1.82) is 0 Å². The number of carbonyl (C=O) groups is 2. The molecule has 20 heavy (non-hydrogen) atoms. The largest absolute Gasteiger partial charge is 0.480 e. The molecule has 2 rings (SSSR count). The van der Waals surface area contributed by atoms with E-state index in [0.29, 0.717) is 25.1 Å². The van der Waals surface area contributed by atoms with E-state index in [-0.39, 0.29) is 11.8 Å². The van der Waals surface area contributed by atoms with E-state index >= 15 is 0 Å². The summed E-state index contributed by atoms with van der Waals surface area (Å²) in [6.45, 7) is 0.479. The molecule has 1 amide bonds. The number of hydrogen-bond donors (Lipinski definition) is 2. The topological polar surface area (TPSA) is 57.6 Å². The van der Waals surface area contributed by atoms with Crippen molar-refractivity contribution in [1.82, 2.24) is 4.90 Å². The van der Waals surface area contributed by atoms with Gasteiger partial charge < -0.3 is 10.0 Å². The molecule has 2 atom stereocenters. The van der Waals surface area contributed by atoms with Crippen LogP contribution in [-0.4, -0.2) is 40.2 Å². The van der Waals surface area contributed by atoms with E-state index in [1.165, 1.54) is 4.90 Å². The summed E-state index contributed by atoms with van der Waals surface area (Å²) in [5, 5.41) is 9.42. The van der Waals surface area contributed by atoms with Gasteiger partial charge in [-0.3, -0.25) is 4.79 Å². The summed E-state index contributed by atoms with van der Waals surface area (Å²) in [5.41, 5.74) is 0.897. The van der Waals surface area contributed by atoms with Crippen LogP contribution in [0.1, 0.15) is 12.0 Å². The Morgan fingerprint density at radius 3 is 2.85 bits per heavy atom. The standard InChI is InChI=1S/C14H16BrNO3S/c15-11-3-1-2-9(4-11)5-12(14(18)19)16-7-10(8-20)6-13(16)17/h1-4,10,12,20H,5-8H2,(H,18,19)/t10?,12-/m0/s1. The van der Waals surface area contributed by atoms with E-state index in [4.69, 9.17) is 0 Å². The second-order valence-electron chi connectivity index (χ2n) is 4.99. The summed E-state index contributed by atoms with van der Waals surface area (Å²) in [6, 6.07) is 6.70. The SMILES string of the molecule is O=C(O)[C@H](Cc1cccc(Br)c1)N1CC(CS)CC1=O. The average molecular weight is 358 g/mol. The Balaban J connectivity index is 2.16. The first-order chi connectivity index (χ1) is 9.51. The first-order valence-corrected chi connectivity index (χ1v) is 7.81. The number of amides is 1. The lowest BCUT2D eigenvalue weighted by Gasteiger charge is -2.24. The molecular weight excluding hydrogens is 342 g/mol. The molecular formula is C14H16BrNO3S. The second-order valence-corrected chi connectivity index (χ2v) is 6.27. The molecule has 1 heterocycles. The Morgan fingerprint density at radius 1 is 1.55 bits per heavy atom. The van der Waals surface area contributed by atoms with Crippen molar-refractivity contribution in [2.75, 3.05) is 12.3 Å². The molecule has 4 nitrogen and oxygen atoms in total. The van der Waals surface area contributed by atoms with Crippen LogP contribution in [0, 0.1) is 5.92 Å². The fourth-order valence-electron chi connectivity index (χ4n) is 2.45. The summed E-state index contributed by atoms with van der Waals surface area (Å²) < 4.78 is 0.903. The Kier molecular flexibility index (Phi) is 5.10. The van der Waals surface area contributed by atoms with E-state index in [1.54, 1.807) is 0 Å². The first kappa shape index (κ1) is 15.4. The average Bonchev–Trinajstić information content (AvgIpc) is 2.77. The summed E-state index contributed by atoms with van der Waals surface area (Å²) in [6.07, 6.45) is 0.714. The van der Waals surface area contributed by atoms with Crippen molar-refractivity contribution in [2.24, 2.45) is 5.92 Å². The fraction of sp³-hybridized carbons (Fsp3) is 0.429. The van der Waals surface area contributed by atoms with Gasteiger partial charge in [-0.15, -0.1) is 0 Å². The number of nitrogens with zero attached hydrogens (tertiary/aromatic N) is 1. The van der Waals surface area contributed by atoms with Crippen molar-refractivity contribution in [3.63, 3.8) is 0 Å². The van der Waals surface area contributed by atoms with Crippen LogP contribution in [0.15, 0.2) is 28.7 Å². The van der Waals surface area contributed by atoms with Crippen LogP contribution in [0.4, 0.5) is 0 Å². The molecule has 1 N–H and O–H groups in total. The van der Waals surface area contributed by atoms with Crippen LogP contribution in [0.2, 0.25) is 0 Å². The third kappa shape index (κ3) is 3.55. The highest BCUT2D eigenvalue weighted by Gasteiger charge is 2.37. The molecule has 1 aromatic rings. The Labute approximate surface area is 131 Å². The van der Waals surface area contributed by atoms with Crippen LogP contribution in [0.25, 0.3) is 0 Å². The smallest absolute Gasteiger partial charge is 0.326 e. The third-order valence-electron chi connectivity index (χ3n) is 3.48. The number of rotatable bonds is 5. The predicted octanol–water partition coefficient (Wildman–Crippen LogP) is 2.22. The highest BCUT2D eigenvalue weighted by atomic mass is 79.9. The molecule has 1 aliphatic heterocycles. The van der Waals surface area contributed by atoms with Gasteiger partial charge in [0.25, 0.3) is 0 Å². The molecule has 1 aromatic carbocycles. The van der Waals surface area contributed by atoms with Crippen molar-refractivity contribution < 1.29 is 14.7 Å². The number of aliphatic carboxylic acids is 1. The zero-order valence-electron chi connectivity index (χ0n) is 10.8. The number of carboxylic acids is 1. The van der Waals surface area contributed by atoms with E-state index in [9.17, 15) is 14.7 Å². The van der Waals surface area contributed by atoms with E-state index in [1.807, 2.05) is 24.3 Å². The van der Waals surface area contributed by atoms with Crippen molar-refractivity contribution >= 4 is 40.4 Å². The Hall–Kier alpha value is -1.01. The Morgan fingerprint density at radius 2 is 2.30 bits per heavy atom. The minimum atomic E-state index is -0.960. The summed E-state index contributed by atoms with van der Waals surface area (Å²) in [4.78, 5) is 24.9. The summed E-state index contributed by atoms with van der Waals surface area (Å²) >= 11 is 7.56. The molecule has 108 valence electrons. The van der Waals surface area contributed by atoms with Gasteiger partial charge in [0, 0.05) is 23.9 Å². The lowest BCUT2D eigenvalue weighted by Crippen LogP contribution is -2.43. The highest BCUT2D eigenvalue weighted by Crippen LogP contribution is 2.23. The predicted molar refractivity (Wildman–Crippen MR) is 82.9 cm³/mol. The van der Waals surface area contributed by atoms with Gasteiger partial charge in [0.15, 0.2) is 0 Å². The minimum absolute atomic E-state index is 0.0913. The Bertz CT molecular complexity index is 523. The van der Waals surface area contributed by atoms with Crippen LogP contribution in [-0.2, 0) is 16.0 Å². The molecule has 0 spiro atoms. The molecule has 0 bridgehead atoms. The summed E-state index contributed by atoms with van der Waals surface area (Å²) in [5.74, 6) is -0.300. The van der Waals surface area contributed by atoms with Gasteiger partial charge in [-0.1, -0.05) is 28.1 Å². The molecule has 6 heteroatoms. The number of thiol groups is 1. The van der Waals surface area contributed by atoms with Gasteiger partial charge in [-0.2, -0.15) is 12.6 Å². The number of benzene rings is 1. The summed E-state index contributed by atoms with van der Waals surface area (Å²) in [7, 11) is 0. The maximum Gasteiger partial charge on any atom is 0.326 e. The molecule has 0 aliphatic carbocycles. The molecule has 1 fully saturated rings. The van der Waals surface area contributed by atoms with E-state index in [2.05, 4.69) is 28.6 Å². The van der Waals surface area contributed by atoms with Crippen LogP contribution < -0.4 is 0 Å². The van der Waals surface area contributed by atoms with Crippen LogP contribution >= 0.6 is 28.6 Å². The maximum absolute atomic E-state index is 12.0. The zero-order valence-corrected chi connectivity index (χ0v) is 13.3. The van der Waals surface area contributed by atoms with Crippen LogP contribution in [0.5, 0.6) is 0 Å².